The molecular weight excluding hydrogens is 603 g/mol. The molecule has 0 bridgehead atoms. The number of aryl methyl sites for hydroxylation is 1. The van der Waals surface area contributed by atoms with E-state index < -0.39 is 5.82 Å². The van der Waals surface area contributed by atoms with E-state index in [1.54, 1.807) is 18.2 Å². The second-order valence-electron chi connectivity index (χ2n) is 12.0. The Bertz CT molecular complexity index is 1630. The van der Waals surface area contributed by atoms with Crippen LogP contribution in [0.5, 0.6) is 17.4 Å². The molecule has 1 fully saturated rings. The van der Waals surface area contributed by atoms with E-state index in [1.165, 1.54) is 43.9 Å². The van der Waals surface area contributed by atoms with E-state index in [-0.39, 0.29) is 28.9 Å². The number of phenolic OH excluding ortho intramolecular Hbond substituents is 1. The molecule has 46 heavy (non-hydrogen) atoms. The maximum absolute atomic E-state index is 13.4. The number of Topliss-reactive ketones (excluding diaryl/α,β-unsaturated/α-hetero) is 1. The number of carbonyl (C=O) groups excluding carboxylic acids is 2. The smallest absolute Gasteiger partial charge is 0.270 e. The van der Waals surface area contributed by atoms with Crippen molar-refractivity contribution in [3.8, 4) is 28.5 Å². The molecule has 2 N–H and O–H groups in total. The molecule has 1 saturated carbocycles. The zero-order chi connectivity index (χ0) is 33.2. The first kappa shape index (κ1) is 34.7. The summed E-state index contributed by atoms with van der Waals surface area (Å²) >= 11 is 1.53. The van der Waals surface area contributed by atoms with Gasteiger partial charge in [-0.05, 0) is 107 Å². The second-order valence-corrected chi connectivity index (χ2v) is 13.1. The van der Waals surface area contributed by atoms with Crippen LogP contribution in [0.2, 0.25) is 0 Å². The number of benzene rings is 2. The Morgan fingerprint density at radius 2 is 1.87 bits per heavy atom. The fourth-order valence-corrected chi connectivity index (χ4v) is 6.26. The lowest BCUT2D eigenvalue weighted by Crippen LogP contribution is -2.37. The molecule has 2 aromatic carbocycles. The summed E-state index contributed by atoms with van der Waals surface area (Å²) in [7, 11) is 3.91. The number of halogens is 1. The number of rotatable bonds is 10. The maximum atomic E-state index is 13.4. The molecule has 10 heteroatoms. The van der Waals surface area contributed by atoms with Gasteiger partial charge in [-0.2, -0.15) is 0 Å². The number of hydrogen-bond donors (Lipinski definition) is 2. The molecule has 1 aliphatic rings. The Morgan fingerprint density at radius 1 is 1.11 bits per heavy atom. The predicted octanol–water partition coefficient (Wildman–Crippen LogP) is 8.19. The van der Waals surface area contributed by atoms with Gasteiger partial charge in [0.2, 0.25) is 5.88 Å². The standard InChI is InChI=1S/C22H21FN2O3.C14H22N2OS/c1-14(26)21-11-17(23)12-24-22(21)28-19-6-4-5-15(10-19)20-8-7-18(27)9-16(20)13-25(2)3;1-3-4-11-5-7-12(8-6-11)16-14(17)13-9-18-10(2)15-13/h4-12,27H,13H2,1-3H3;9,11-12H,3-8H2,1-2H3,(H,16,17). The summed E-state index contributed by atoms with van der Waals surface area (Å²) in [4.78, 5) is 33.9. The fraction of sp³-hybridized carbons (Fsp3) is 0.389. The molecule has 2 heterocycles. The zero-order valence-electron chi connectivity index (χ0n) is 27.2. The molecule has 0 saturated heterocycles. The number of hydrogen-bond acceptors (Lipinski definition) is 8. The van der Waals surface area contributed by atoms with Crippen molar-refractivity contribution in [1.82, 2.24) is 20.2 Å². The summed E-state index contributed by atoms with van der Waals surface area (Å²) in [5.41, 5.74) is 3.47. The van der Waals surface area contributed by atoms with Crippen LogP contribution in [0, 0.1) is 18.7 Å². The molecule has 8 nitrogen and oxygen atoms in total. The van der Waals surface area contributed by atoms with Crippen LogP contribution in [0.3, 0.4) is 0 Å². The largest absolute Gasteiger partial charge is 0.508 e. The van der Waals surface area contributed by atoms with Gasteiger partial charge in [-0.1, -0.05) is 38.0 Å². The topological polar surface area (TPSA) is 105 Å². The third-order valence-electron chi connectivity index (χ3n) is 7.86. The van der Waals surface area contributed by atoms with E-state index in [2.05, 4.69) is 22.2 Å². The summed E-state index contributed by atoms with van der Waals surface area (Å²) in [6.45, 7) is 6.17. The van der Waals surface area contributed by atoms with Crippen molar-refractivity contribution in [3.05, 3.63) is 87.8 Å². The average Bonchev–Trinajstić information content (AvgIpc) is 3.46. The number of amides is 1. The van der Waals surface area contributed by atoms with Crippen LogP contribution in [0.1, 0.15) is 83.8 Å². The van der Waals surface area contributed by atoms with Crippen molar-refractivity contribution in [3.63, 3.8) is 0 Å². The summed E-state index contributed by atoms with van der Waals surface area (Å²) in [6, 6.07) is 14.0. The van der Waals surface area contributed by atoms with Gasteiger partial charge >= 0.3 is 0 Å². The highest BCUT2D eigenvalue weighted by Gasteiger charge is 2.23. The van der Waals surface area contributed by atoms with Gasteiger partial charge in [0.25, 0.3) is 5.91 Å². The number of thiazole rings is 1. The van der Waals surface area contributed by atoms with Crippen molar-refractivity contribution in [2.75, 3.05) is 14.1 Å². The highest BCUT2D eigenvalue weighted by molar-refractivity contribution is 7.09. The molecule has 0 radical (unpaired) electrons. The first-order valence-corrected chi connectivity index (χ1v) is 16.5. The SMILES string of the molecule is CC(=O)c1cc(F)cnc1Oc1cccc(-c2ccc(O)cc2CN(C)C)c1.CCCC1CCC(NC(=O)c2csc(C)n2)CC1. The molecule has 1 aliphatic carbocycles. The molecule has 0 spiro atoms. The molecule has 0 unspecified atom stereocenters. The highest BCUT2D eigenvalue weighted by atomic mass is 32.1. The van der Waals surface area contributed by atoms with E-state index in [9.17, 15) is 19.1 Å². The minimum absolute atomic E-state index is 0.00158. The minimum Gasteiger partial charge on any atom is -0.508 e. The number of aromatic hydroxyl groups is 1. The number of nitrogens with one attached hydrogen (secondary N) is 1. The number of ether oxygens (including phenoxy) is 1. The molecule has 244 valence electrons. The van der Waals surface area contributed by atoms with Gasteiger partial charge in [0, 0.05) is 18.0 Å². The maximum Gasteiger partial charge on any atom is 0.270 e. The van der Waals surface area contributed by atoms with Gasteiger partial charge in [0.05, 0.1) is 16.8 Å². The van der Waals surface area contributed by atoms with Crippen LogP contribution in [0.25, 0.3) is 11.1 Å². The van der Waals surface area contributed by atoms with E-state index in [1.807, 2.05) is 55.6 Å². The van der Waals surface area contributed by atoms with Crippen LogP contribution in [-0.4, -0.2) is 51.8 Å². The van der Waals surface area contributed by atoms with Crippen molar-refractivity contribution in [1.29, 1.82) is 0 Å². The normalized spacial score (nSPS) is 16.0. The third-order valence-corrected chi connectivity index (χ3v) is 8.64. The Balaban J connectivity index is 0.000000230. The number of pyridine rings is 1. The first-order valence-electron chi connectivity index (χ1n) is 15.7. The van der Waals surface area contributed by atoms with Gasteiger partial charge in [-0.15, -0.1) is 11.3 Å². The number of phenols is 1. The van der Waals surface area contributed by atoms with Crippen LogP contribution in [0.15, 0.2) is 60.1 Å². The van der Waals surface area contributed by atoms with E-state index >= 15 is 0 Å². The van der Waals surface area contributed by atoms with Crippen molar-refractivity contribution in [2.24, 2.45) is 5.92 Å². The average molecular weight is 647 g/mol. The Hall–Kier alpha value is -4.15. The van der Waals surface area contributed by atoms with Crippen LogP contribution >= 0.6 is 11.3 Å². The Kier molecular flexibility index (Phi) is 12.4. The highest BCUT2D eigenvalue weighted by Crippen LogP contribution is 2.32. The number of ketones is 1. The van der Waals surface area contributed by atoms with Crippen molar-refractivity contribution in [2.45, 2.75) is 71.9 Å². The minimum atomic E-state index is -0.594. The summed E-state index contributed by atoms with van der Waals surface area (Å²) in [5, 5.41) is 15.7. The number of nitrogens with zero attached hydrogens (tertiary/aromatic N) is 3. The number of carbonyl (C=O) groups is 2. The number of aromatic nitrogens is 2. The quantitative estimate of drug-likeness (QED) is 0.167. The van der Waals surface area contributed by atoms with Gasteiger partial charge < -0.3 is 20.1 Å². The van der Waals surface area contributed by atoms with Crippen molar-refractivity contribution < 1.29 is 23.8 Å². The molecular formula is C36H43FN4O4S. The van der Waals surface area contributed by atoms with Gasteiger partial charge in [-0.25, -0.2) is 14.4 Å². The van der Waals surface area contributed by atoms with Crippen LogP contribution < -0.4 is 10.1 Å². The first-order chi connectivity index (χ1) is 22.0. The van der Waals surface area contributed by atoms with E-state index in [0.717, 1.165) is 52.7 Å². The zero-order valence-corrected chi connectivity index (χ0v) is 28.0. The van der Waals surface area contributed by atoms with Gasteiger partial charge in [0.15, 0.2) is 5.78 Å². The van der Waals surface area contributed by atoms with Gasteiger partial charge in [-0.3, -0.25) is 9.59 Å². The predicted molar refractivity (Wildman–Crippen MR) is 180 cm³/mol. The molecule has 4 aromatic rings. The molecule has 0 aliphatic heterocycles. The van der Waals surface area contributed by atoms with Crippen molar-refractivity contribution >= 4 is 23.0 Å². The second kappa shape index (κ2) is 16.4. The molecule has 2 aromatic heterocycles. The lowest BCUT2D eigenvalue weighted by molar-refractivity contribution is 0.0916. The van der Waals surface area contributed by atoms with E-state index in [0.29, 0.717) is 24.0 Å². The Labute approximate surface area is 274 Å². The molecule has 1 amide bonds. The fourth-order valence-electron chi connectivity index (χ4n) is 5.66. The summed E-state index contributed by atoms with van der Waals surface area (Å²) in [6.07, 6.45) is 8.40. The monoisotopic (exact) mass is 646 g/mol. The van der Waals surface area contributed by atoms with Crippen LogP contribution in [-0.2, 0) is 6.54 Å². The molecule has 5 rings (SSSR count). The Morgan fingerprint density at radius 3 is 2.52 bits per heavy atom. The summed E-state index contributed by atoms with van der Waals surface area (Å²) in [5.74, 6) is 0.694. The summed E-state index contributed by atoms with van der Waals surface area (Å²) < 4.78 is 19.2. The third kappa shape index (κ3) is 9.92. The van der Waals surface area contributed by atoms with Gasteiger partial charge in [0.1, 0.15) is 23.0 Å². The lowest BCUT2D eigenvalue weighted by atomic mass is 9.83. The lowest BCUT2D eigenvalue weighted by Gasteiger charge is -2.28. The molecule has 0 atom stereocenters. The van der Waals surface area contributed by atoms with E-state index in [4.69, 9.17) is 4.74 Å². The van der Waals surface area contributed by atoms with Crippen LogP contribution in [0.4, 0.5) is 4.39 Å².